The maximum atomic E-state index is 13.0. The number of ether oxygens (including phenoxy) is 2. The van der Waals surface area contributed by atoms with Crippen LogP contribution in [0.1, 0.15) is 13.3 Å². The molecule has 2 aromatic carbocycles. The van der Waals surface area contributed by atoms with Crippen molar-refractivity contribution < 1.29 is 18.7 Å². The Morgan fingerprint density at radius 1 is 1.13 bits per heavy atom. The number of nitrogens with one attached hydrogen (secondary N) is 1. The largest absolute Gasteiger partial charge is 0.490 e. The molecule has 0 spiro atoms. The minimum Gasteiger partial charge on any atom is -0.490 e. The second-order valence-corrected chi connectivity index (χ2v) is 7.55. The van der Waals surface area contributed by atoms with Gasteiger partial charge in [-0.15, -0.1) is 10.2 Å². The number of rotatable bonds is 6. The second kappa shape index (κ2) is 9.17. The molecule has 2 heterocycles. The minimum absolute atomic E-state index is 0.163. The number of thioether (sulfide) groups is 1. The maximum Gasteiger partial charge on any atom is 0.234 e. The average Bonchev–Trinajstić information content (AvgIpc) is 3.02. The number of fused-ring (bicyclic) bond motifs is 1. The normalized spacial score (nSPS) is 13.0. The van der Waals surface area contributed by atoms with Gasteiger partial charge >= 0.3 is 0 Å². The summed E-state index contributed by atoms with van der Waals surface area (Å²) < 4.78 is 26.4. The van der Waals surface area contributed by atoms with Crippen LogP contribution in [-0.2, 0) is 11.3 Å². The summed E-state index contributed by atoms with van der Waals surface area (Å²) in [6.45, 7) is 3.90. The third kappa shape index (κ3) is 4.56. The highest BCUT2D eigenvalue weighted by Gasteiger charge is 2.18. The van der Waals surface area contributed by atoms with E-state index in [2.05, 4.69) is 15.5 Å². The maximum absolute atomic E-state index is 13.0. The summed E-state index contributed by atoms with van der Waals surface area (Å²) in [6, 6.07) is 11.4. The fourth-order valence-electron chi connectivity index (χ4n) is 3.06. The molecule has 156 valence electrons. The Morgan fingerprint density at radius 3 is 2.67 bits per heavy atom. The van der Waals surface area contributed by atoms with Crippen LogP contribution in [-0.4, -0.2) is 39.6 Å². The van der Waals surface area contributed by atoms with Crippen molar-refractivity contribution in [2.24, 2.45) is 0 Å². The van der Waals surface area contributed by atoms with Crippen LogP contribution in [0.25, 0.3) is 11.4 Å². The fraction of sp³-hybridized carbons (Fsp3) is 0.286. The van der Waals surface area contributed by atoms with E-state index < -0.39 is 0 Å². The van der Waals surface area contributed by atoms with Crippen LogP contribution in [0.5, 0.6) is 11.5 Å². The van der Waals surface area contributed by atoms with E-state index in [4.69, 9.17) is 9.47 Å². The molecule has 0 unspecified atom stereocenters. The van der Waals surface area contributed by atoms with Crippen molar-refractivity contribution in [3.63, 3.8) is 0 Å². The lowest BCUT2D eigenvalue weighted by molar-refractivity contribution is -0.113. The molecule has 4 rings (SSSR count). The van der Waals surface area contributed by atoms with E-state index in [9.17, 15) is 9.18 Å². The number of aromatic nitrogens is 3. The summed E-state index contributed by atoms with van der Waals surface area (Å²) in [4.78, 5) is 12.2. The number of carbonyl (C=O) groups is 1. The molecule has 1 amide bonds. The zero-order valence-electron chi connectivity index (χ0n) is 16.4. The van der Waals surface area contributed by atoms with E-state index in [1.807, 2.05) is 29.7 Å². The van der Waals surface area contributed by atoms with Gasteiger partial charge in [-0.25, -0.2) is 4.39 Å². The first-order valence-electron chi connectivity index (χ1n) is 9.65. The molecule has 1 aliphatic heterocycles. The van der Waals surface area contributed by atoms with Gasteiger partial charge in [0.2, 0.25) is 5.91 Å². The monoisotopic (exact) mass is 428 g/mol. The molecular formula is C21H21FN4O3S. The molecule has 0 fully saturated rings. The number of hydrogen-bond acceptors (Lipinski definition) is 6. The summed E-state index contributed by atoms with van der Waals surface area (Å²) in [6.07, 6.45) is 0.843. The number of hydrogen-bond donors (Lipinski definition) is 1. The van der Waals surface area contributed by atoms with Gasteiger partial charge in [0.05, 0.1) is 19.0 Å². The molecule has 7 nitrogen and oxygen atoms in total. The van der Waals surface area contributed by atoms with E-state index in [1.54, 1.807) is 0 Å². The fourth-order valence-corrected chi connectivity index (χ4v) is 3.86. The number of carbonyl (C=O) groups excluding carboxylic acids is 1. The summed E-state index contributed by atoms with van der Waals surface area (Å²) in [5.41, 5.74) is 1.42. The van der Waals surface area contributed by atoms with Crippen molar-refractivity contribution in [3.05, 3.63) is 48.3 Å². The Hall–Kier alpha value is -3.07. The molecular weight excluding hydrogens is 407 g/mol. The van der Waals surface area contributed by atoms with Gasteiger partial charge in [-0.05, 0) is 49.4 Å². The molecule has 9 heteroatoms. The summed E-state index contributed by atoms with van der Waals surface area (Å²) in [7, 11) is 0. The van der Waals surface area contributed by atoms with Crippen LogP contribution in [0, 0.1) is 5.82 Å². The first-order chi connectivity index (χ1) is 14.6. The number of anilines is 1. The van der Waals surface area contributed by atoms with Crippen molar-refractivity contribution in [2.75, 3.05) is 24.3 Å². The molecule has 0 atom stereocenters. The standard InChI is InChI=1S/C21H21FN4O3S/c1-2-26-20(14-4-9-17-18(12-14)29-11-3-10-28-17)24-25-21(26)30-13-19(27)23-16-7-5-15(22)6-8-16/h4-9,12H,2-3,10-11,13H2,1H3,(H,23,27). The van der Waals surface area contributed by atoms with Crippen molar-refractivity contribution in [3.8, 4) is 22.9 Å². The van der Waals surface area contributed by atoms with Crippen LogP contribution in [0.15, 0.2) is 47.6 Å². The Balaban J connectivity index is 1.46. The predicted octanol–water partition coefficient (Wildman–Crippen LogP) is 4.00. The Morgan fingerprint density at radius 2 is 1.90 bits per heavy atom. The number of nitrogens with zero attached hydrogens (tertiary/aromatic N) is 3. The SMILES string of the molecule is CCn1c(SCC(=O)Nc2ccc(F)cc2)nnc1-c1ccc2c(c1)OCCCO2. The zero-order chi connectivity index (χ0) is 20.9. The van der Waals surface area contributed by atoms with Gasteiger partial charge in [0.1, 0.15) is 5.82 Å². The Kier molecular flexibility index (Phi) is 6.18. The summed E-state index contributed by atoms with van der Waals surface area (Å²) in [5, 5.41) is 12.0. The lowest BCUT2D eigenvalue weighted by atomic mass is 10.2. The van der Waals surface area contributed by atoms with Gasteiger partial charge < -0.3 is 19.4 Å². The van der Waals surface area contributed by atoms with E-state index >= 15 is 0 Å². The number of halogens is 1. The third-order valence-electron chi connectivity index (χ3n) is 4.50. The number of benzene rings is 2. The van der Waals surface area contributed by atoms with Crippen LogP contribution < -0.4 is 14.8 Å². The van der Waals surface area contributed by atoms with Gasteiger partial charge in [-0.1, -0.05) is 11.8 Å². The minimum atomic E-state index is -0.347. The highest BCUT2D eigenvalue weighted by Crippen LogP contribution is 2.34. The average molecular weight is 428 g/mol. The van der Waals surface area contributed by atoms with Crippen molar-refractivity contribution in [2.45, 2.75) is 25.0 Å². The molecule has 3 aromatic rings. The van der Waals surface area contributed by atoms with Crippen molar-refractivity contribution >= 4 is 23.4 Å². The molecule has 1 N–H and O–H groups in total. The molecule has 0 bridgehead atoms. The topological polar surface area (TPSA) is 78.3 Å². The lowest BCUT2D eigenvalue weighted by Gasteiger charge is -2.11. The molecule has 1 aliphatic rings. The molecule has 0 saturated carbocycles. The summed E-state index contributed by atoms with van der Waals surface area (Å²) in [5.74, 6) is 1.75. The van der Waals surface area contributed by atoms with E-state index in [-0.39, 0.29) is 17.5 Å². The third-order valence-corrected chi connectivity index (χ3v) is 5.47. The first-order valence-corrected chi connectivity index (χ1v) is 10.6. The highest BCUT2D eigenvalue weighted by molar-refractivity contribution is 7.99. The molecule has 30 heavy (non-hydrogen) atoms. The molecule has 0 saturated heterocycles. The molecule has 0 radical (unpaired) electrons. The smallest absolute Gasteiger partial charge is 0.234 e. The predicted molar refractivity (Wildman–Crippen MR) is 112 cm³/mol. The van der Waals surface area contributed by atoms with Gasteiger partial charge in [0.25, 0.3) is 0 Å². The van der Waals surface area contributed by atoms with Gasteiger partial charge in [0.15, 0.2) is 22.5 Å². The van der Waals surface area contributed by atoms with Gasteiger partial charge in [-0.2, -0.15) is 0 Å². The van der Waals surface area contributed by atoms with E-state index in [0.717, 1.165) is 17.7 Å². The summed E-state index contributed by atoms with van der Waals surface area (Å²) >= 11 is 1.30. The molecule has 0 aliphatic carbocycles. The lowest BCUT2D eigenvalue weighted by Crippen LogP contribution is -2.14. The van der Waals surface area contributed by atoms with Crippen LogP contribution in [0.2, 0.25) is 0 Å². The van der Waals surface area contributed by atoms with Crippen LogP contribution in [0.3, 0.4) is 0 Å². The van der Waals surface area contributed by atoms with Crippen LogP contribution >= 0.6 is 11.8 Å². The van der Waals surface area contributed by atoms with Gasteiger partial charge in [0, 0.05) is 24.2 Å². The Bertz CT molecular complexity index is 1040. The quantitative estimate of drug-likeness (QED) is 0.598. The van der Waals surface area contributed by atoms with E-state index in [1.165, 1.54) is 36.0 Å². The van der Waals surface area contributed by atoms with Gasteiger partial charge in [-0.3, -0.25) is 4.79 Å². The first kappa shape index (κ1) is 20.2. The zero-order valence-corrected chi connectivity index (χ0v) is 17.2. The van der Waals surface area contributed by atoms with Crippen molar-refractivity contribution in [1.82, 2.24) is 14.8 Å². The Labute approximate surface area is 177 Å². The van der Waals surface area contributed by atoms with Crippen LogP contribution in [0.4, 0.5) is 10.1 Å². The molecule has 1 aromatic heterocycles. The van der Waals surface area contributed by atoms with E-state index in [0.29, 0.717) is 42.2 Å². The van der Waals surface area contributed by atoms with Crippen molar-refractivity contribution in [1.29, 1.82) is 0 Å². The number of amides is 1. The second-order valence-electron chi connectivity index (χ2n) is 6.61. The highest BCUT2D eigenvalue weighted by atomic mass is 32.2.